The van der Waals surface area contributed by atoms with Gasteiger partial charge in [0, 0.05) is 25.3 Å². The second-order valence-electron chi connectivity index (χ2n) is 7.10. The fourth-order valence-electron chi connectivity index (χ4n) is 3.50. The van der Waals surface area contributed by atoms with E-state index in [1.54, 1.807) is 42.5 Å². The largest absolute Gasteiger partial charge is 0.436 e. The van der Waals surface area contributed by atoms with Crippen LogP contribution in [0, 0.1) is 0 Å². The number of nitrogens with zero attached hydrogens (tertiary/aromatic N) is 3. The number of benzene rings is 3. The van der Waals surface area contributed by atoms with Crippen LogP contribution in [0.25, 0.3) is 22.6 Å². The van der Waals surface area contributed by atoms with Crippen molar-refractivity contribution in [3.63, 3.8) is 0 Å². The summed E-state index contributed by atoms with van der Waals surface area (Å²) in [6, 6.07) is 19.9. The fraction of sp³-hybridized carbons (Fsp3) is 0.0870. The predicted octanol–water partition coefficient (Wildman–Crippen LogP) is 4.36. The van der Waals surface area contributed by atoms with Gasteiger partial charge in [0.1, 0.15) is 5.52 Å². The summed E-state index contributed by atoms with van der Waals surface area (Å²) in [6.45, 7) is 0. The number of rotatable bonds is 3. The molecule has 1 aliphatic heterocycles. The molecule has 6 nitrogen and oxygen atoms in total. The lowest BCUT2D eigenvalue weighted by molar-refractivity contribution is 0.0926. The first-order valence-electron chi connectivity index (χ1n) is 9.19. The lowest BCUT2D eigenvalue weighted by Gasteiger charge is -2.13. The fourth-order valence-corrected chi connectivity index (χ4v) is 3.50. The highest BCUT2D eigenvalue weighted by molar-refractivity contribution is 6.34. The summed E-state index contributed by atoms with van der Waals surface area (Å²) in [5.41, 5.74) is 4.43. The number of carbonyl (C=O) groups is 2. The van der Waals surface area contributed by atoms with Gasteiger partial charge in [0.05, 0.1) is 16.8 Å². The molecule has 0 saturated heterocycles. The number of imide groups is 1. The van der Waals surface area contributed by atoms with Crippen LogP contribution in [0.2, 0.25) is 0 Å². The Bertz CT molecular complexity index is 1240. The SMILES string of the molecule is CN(C)c1ccc(-c2nc3cc(N4C(=O)c5ccccc5C4=O)ccc3o2)cc1. The summed E-state index contributed by atoms with van der Waals surface area (Å²) >= 11 is 0. The van der Waals surface area contributed by atoms with Crippen molar-refractivity contribution in [2.24, 2.45) is 0 Å². The van der Waals surface area contributed by atoms with E-state index in [1.165, 1.54) is 4.90 Å². The molecule has 4 aromatic rings. The van der Waals surface area contributed by atoms with E-state index in [2.05, 4.69) is 4.98 Å². The van der Waals surface area contributed by atoms with E-state index in [9.17, 15) is 9.59 Å². The van der Waals surface area contributed by atoms with Gasteiger partial charge >= 0.3 is 0 Å². The Balaban J connectivity index is 1.52. The maximum absolute atomic E-state index is 12.7. The van der Waals surface area contributed by atoms with Gasteiger partial charge in [0.25, 0.3) is 11.8 Å². The smallest absolute Gasteiger partial charge is 0.266 e. The normalized spacial score (nSPS) is 13.2. The maximum atomic E-state index is 12.7. The lowest BCUT2D eigenvalue weighted by atomic mass is 10.1. The molecule has 0 atom stereocenters. The Morgan fingerprint density at radius 2 is 1.52 bits per heavy atom. The molecule has 0 aliphatic carbocycles. The summed E-state index contributed by atoms with van der Waals surface area (Å²) in [6.07, 6.45) is 0. The summed E-state index contributed by atoms with van der Waals surface area (Å²) in [5.74, 6) is -0.161. The van der Waals surface area contributed by atoms with Crippen LogP contribution in [0.5, 0.6) is 0 Å². The molecular weight excluding hydrogens is 366 g/mol. The van der Waals surface area contributed by atoms with Gasteiger partial charge in [-0.3, -0.25) is 9.59 Å². The lowest BCUT2D eigenvalue weighted by Crippen LogP contribution is -2.29. The average Bonchev–Trinajstić information content (AvgIpc) is 3.27. The van der Waals surface area contributed by atoms with Crippen molar-refractivity contribution in [3.8, 4) is 11.5 Å². The van der Waals surface area contributed by atoms with Crippen molar-refractivity contribution in [2.45, 2.75) is 0 Å². The molecule has 0 N–H and O–H groups in total. The molecule has 0 saturated carbocycles. The Morgan fingerprint density at radius 1 is 0.862 bits per heavy atom. The summed E-state index contributed by atoms with van der Waals surface area (Å²) in [5, 5.41) is 0. The number of amides is 2. The summed E-state index contributed by atoms with van der Waals surface area (Å²) in [4.78, 5) is 33.2. The Morgan fingerprint density at radius 3 is 2.14 bits per heavy atom. The van der Waals surface area contributed by atoms with Crippen molar-refractivity contribution in [1.82, 2.24) is 4.98 Å². The minimum absolute atomic E-state index is 0.326. The Labute approximate surface area is 167 Å². The number of aromatic nitrogens is 1. The van der Waals surface area contributed by atoms with Crippen LogP contribution in [0.15, 0.2) is 71.1 Å². The number of anilines is 2. The van der Waals surface area contributed by atoms with Gasteiger partial charge in [-0.1, -0.05) is 12.1 Å². The highest BCUT2D eigenvalue weighted by Gasteiger charge is 2.36. The Hall–Kier alpha value is -3.93. The van der Waals surface area contributed by atoms with E-state index in [1.807, 2.05) is 43.3 Å². The van der Waals surface area contributed by atoms with Gasteiger partial charge in [0.2, 0.25) is 5.89 Å². The van der Waals surface area contributed by atoms with Gasteiger partial charge in [0.15, 0.2) is 5.58 Å². The van der Waals surface area contributed by atoms with E-state index in [0.29, 0.717) is 33.8 Å². The van der Waals surface area contributed by atoms with Crippen molar-refractivity contribution in [1.29, 1.82) is 0 Å². The number of hydrogen-bond donors (Lipinski definition) is 0. The van der Waals surface area contributed by atoms with E-state index in [4.69, 9.17) is 4.42 Å². The molecule has 142 valence electrons. The zero-order valence-electron chi connectivity index (χ0n) is 15.9. The number of fused-ring (bicyclic) bond motifs is 2. The second-order valence-corrected chi connectivity index (χ2v) is 7.10. The molecule has 0 bridgehead atoms. The van der Waals surface area contributed by atoms with Gasteiger partial charge in [-0.15, -0.1) is 0 Å². The first-order valence-corrected chi connectivity index (χ1v) is 9.19. The molecule has 29 heavy (non-hydrogen) atoms. The van der Waals surface area contributed by atoms with Crippen molar-refractivity contribution in [3.05, 3.63) is 77.9 Å². The molecule has 1 aliphatic rings. The summed E-state index contributed by atoms with van der Waals surface area (Å²) < 4.78 is 5.87. The van der Waals surface area contributed by atoms with Gasteiger partial charge in [-0.2, -0.15) is 0 Å². The molecule has 0 radical (unpaired) electrons. The highest BCUT2D eigenvalue weighted by Crippen LogP contribution is 2.32. The molecule has 0 spiro atoms. The quantitative estimate of drug-likeness (QED) is 0.492. The monoisotopic (exact) mass is 383 g/mol. The van der Waals surface area contributed by atoms with Crippen molar-refractivity contribution >= 4 is 34.3 Å². The molecule has 2 heterocycles. The standard InChI is InChI=1S/C23H17N3O3/c1-25(2)15-9-7-14(8-10-15)21-24-19-13-16(11-12-20(19)29-21)26-22(27)17-5-3-4-6-18(17)23(26)28/h3-13H,1-2H3. The zero-order valence-corrected chi connectivity index (χ0v) is 15.9. The van der Waals surface area contributed by atoms with Crippen LogP contribution in [0.1, 0.15) is 20.7 Å². The third-order valence-corrected chi connectivity index (χ3v) is 5.05. The van der Waals surface area contributed by atoms with E-state index < -0.39 is 0 Å². The van der Waals surface area contributed by atoms with E-state index in [0.717, 1.165) is 11.3 Å². The molecule has 1 aromatic heterocycles. The molecule has 5 rings (SSSR count). The number of hydrogen-bond acceptors (Lipinski definition) is 5. The molecule has 6 heteroatoms. The predicted molar refractivity (Wildman–Crippen MR) is 111 cm³/mol. The average molecular weight is 383 g/mol. The molecular formula is C23H17N3O3. The third-order valence-electron chi connectivity index (χ3n) is 5.05. The first kappa shape index (κ1) is 17.2. The molecule has 3 aromatic carbocycles. The minimum Gasteiger partial charge on any atom is -0.436 e. The third kappa shape index (κ3) is 2.69. The van der Waals surface area contributed by atoms with Crippen LogP contribution in [-0.4, -0.2) is 30.9 Å². The van der Waals surface area contributed by atoms with Gasteiger partial charge < -0.3 is 9.32 Å². The van der Waals surface area contributed by atoms with Crippen LogP contribution in [0.4, 0.5) is 11.4 Å². The first-order chi connectivity index (χ1) is 14.0. The highest BCUT2D eigenvalue weighted by atomic mass is 16.3. The van der Waals surface area contributed by atoms with Gasteiger partial charge in [-0.05, 0) is 54.6 Å². The number of oxazole rings is 1. The summed E-state index contributed by atoms with van der Waals surface area (Å²) in [7, 11) is 3.96. The van der Waals surface area contributed by atoms with E-state index in [-0.39, 0.29) is 11.8 Å². The van der Waals surface area contributed by atoms with Crippen molar-refractivity contribution < 1.29 is 14.0 Å². The molecule has 0 unspecified atom stereocenters. The van der Waals surface area contributed by atoms with Crippen molar-refractivity contribution in [2.75, 3.05) is 23.9 Å². The zero-order chi connectivity index (χ0) is 20.1. The molecule has 0 fully saturated rings. The van der Waals surface area contributed by atoms with Crippen LogP contribution in [0.3, 0.4) is 0 Å². The van der Waals surface area contributed by atoms with E-state index >= 15 is 0 Å². The molecule has 2 amide bonds. The topological polar surface area (TPSA) is 66.7 Å². The Kier molecular flexibility index (Phi) is 3.74. The minimum atomic E-state index is -0.326. The maximum Gasteiger partial charge on any atom is 0.266 e. The van der Waals surface area contributed by atoms with Crippen LogP contribution < -0.4 is 9.80 Å². The van der Waals surface area contributed by atoms with Crippen LogP contribution >= 0.6 is 0 Å². The van der Waals surface area contributed by atoms with Crippen LogP contribution in [-0.2, 0) is 0 Å². The van der Waals surface area contributed by atoms with Gasteiger partial charge in [-0.25, -0.2) is 9.88 Å². The second kappa shape index (κ2) is 6.31. The number of carbonyl (C=O) groups excluding carboxylic acids is 2.